The predicted molar refractivity (Wildman–Crippen MR) is 96.5 cm³/mol. The number of hydrogen-bond acceptors (Lipinski definition) is 6. The van der Waals surface area contributed by atoms with Crippen molar-refractivity contribution in [2.75, 3.05) is 37.0 Å². The van der Waals surface area contributed by atoms with Crippen molar-refractivity contribution in [1.29, 1.82) is 0 Å². The number of rotatable bonds is 4. The molecule has 0 unspecified atom stereocenters. The lowest BCUT2D eigenvalue weighted by molar-refractivity contribution is 0.405. The van der Waals surface area contributed by atoms with E-state index in [2.05, 4.69) is 24.8 Å². The molecule has 0 amide bonds. The van der Waals surface area contributed by atoms with Crippen molar-refractivity contribution in [2.24, 2.45) is 5.92 Å². The first kappa shape index (κ1) is 16.6. The first-order valence-corrected chi connectivity index (χ1v) is 8.57. The largest absolute Gasteiger partial charge is 0.361 e. The Morgan fingerprint density at radius 3 is 2.54 bits per heavy atom. The fraction of sp³-hybridized carbons (Fsp3) is 0.556. The van der Waals surface area contributed by atoms with Gasteiger partial charge in [-0.05, 0) is 45.1 Å². The van der Waals surface area contributed by atoms with Gasteiger partial charge in [-0.25, -0.2) is 15.0 Å². The van der Waals surface area contributed by atoms with Gasteiger partial charge in [0.2, 0.25) is 5.95 Å². The summed E-state index contributed by atoms with van der Waals surface area (Å²) in [6, 6.07) is 2.02. The van der Waals surface area contributed by atoms with Crippen LogP contribution < -0.4 is 9.80 Å². The van der Waals surface area contributed by atoms with Crippen molar-refractivity contribution >= 4 is 11.8 Å². The molecule has 0 bridgehead atoms. The molecular weight excluding hydrogens is 300 g/mol. The third-order valence-corrected chi connectivity index (χ3v) is 4.43. The quantitative estimate of drug-likeness (QED) is 0.860. The third kappa shape index (κ3) is 3.80. The Morgan fingerprint density at radius 2 is 1.83 bits per heavy atom. The molecule has 0 aromatic carbocycles. The summed E-state index contributed by atoms with van der Waals surface area (Å²) in [7, 11) is 4.04. The number of nitrogens with zero attached hydrogens (tertiary/aromatic N) is 6. The second-order valence-corrected chi connectivity index (χ2v) is 6.83. The van der Waals surface area contributed by atoms with Gasteiger partial charge in [-0.2, -0.15) is 0 Å². The summed E-state index contributed by atoms with van der Waals surface area (Å²) >= 11 is 0. The Kier molecular flexibility index (Phi) is 4.92. The van der Waals surface area contributed by atoms with Crippen molar-refractivity contribution < 1.29 is 0 Å². The van der Waals surface area contributed by atoms with E-state index >= 15 is 0 Å². The highest BCUT2D eigenvalue weighted by molar-refractivity contribution is 5.41. The van der Waals surface area contributed by atoms with Crippen LogP contribution in [0.15, 0.2) is 18.5 Å². The van der Waals surface area contributed by atoms with Crippen LogP contribution in [0, 0.1) is 19.8 Å². The molecule has 0 N–H and O–H groups in total. The second kappa shape index (κ2) is 7.11. The van der Waals surface area contributed by atoms with Gasteiger partial charge in [-0.3, -0.25) is 4.98 Å². The number of anilines is 2. The van der Waals surface area contributed by atoms with E-state index in [1.54, 1.807) is 12.4 Å². The Bertz CT molecular complexity index is 679. The number of piperidine rings is 1. The first-order chi connectivity index (χ1) is 11.5. The third-order valence-electron chi connectivity index (χ3n) is 4.43. The fourth-order valence-corrected chi connectivity index (χ4v) is 3.41. The molecule has 24 heavy (non-hydrogen) atoms. The topological polar surface area (TPSA) is 58.0 Å². The molecule has 128 valence electrons. The van der Waals surface area contributed by atoms with Crippen molar-refractivity contribution in [3.05, 3.63) is 35.5 Å². The minimum absolute atomic E-state index is 0.554. The Labute approximate surface area is 144 Å². The van der Waals surface area contributed by atoms with E-state index in [9.17, 15) is 0 Å². The summed E-state index contributed by atoms with van der Waals surface area (Å²) < 4.78 is 0. The highest BCUT2D eigenvalue weighted by atomic mass is 15.3. The van der Waals surface area contributed by atoms with Crippen LogP contribution in [0.5, 0.6) is 0 Å². The molecule has 1 aliphatic heterocycles. The maximum atomic E-state index is 4.62. The number of aryl methyl sites for hydroxylation is 2. The lowest BCUT2D eigenvalue weighted by Crippen LogP contribution is -2.37. The highest BCUT2D eigenvalue weighted by Crippen LogP contribution is 2.25. The molecule has 1 saturated heterocycles. The summed E-state index contributed by atoms with van der Waals surface area (Å²) in [4.78, 5) is 22.6. The van der Waals surface area contributed by atoms with Crippen LogP contribution in [0.25, 0.3) is 0 Å². The summed E-state index contributed by atoms with van der Waals surface area (Å²) in [6.07, 6.45) is 6.87. The van der Waals surface area contributed by atoms with E-state index in [0.29, 0.717) is 5.92 Å². The molecule has 1 aliphatic rings. The van der Waals surface area contributed by atoms with Gasteiger partial charge < -0.3 is 9.80 Å². The predicted octanol–water partition coefficient (Wildman–Crippen LogP) is 2.41. The van der Waals surface area contributed by atoms with Crippen molar-refractivity contribution in [1.82, 2.24) is 19.9 Å². The number of aromatic nitrogens is 4. The molecule has 6 heteroatoms. The van der Waals surface area contributed by atoms with Crippen LogP contribution in [0.3, 0.4) is 0 Å². The lowest BCUT2D eigenvalue weighted by Gasteiger charge is -2.33. The van der Waals surface area contributed by atoms with E-state index < -0.39 is 0 Å². The highest BCUT2D eigenvalue weighted by Gasteiger charge is 2.24. The molecule has 0 spiro atoms. The van der Waals surface area contributed by atoms with Gasteiger partial charge in [-0.15, -0.1) is 0 Å². The summed E-state index contributed by atoms with van der Waals surface area (Å²) in [6.45, 7) is 6.07. The second-order valence-electron chi connectivity index (χ2n) is 6.83. The molecular formula is C18H26N6. The SMILES string of the molecule is Cc1cc(C)nc(N2CCC[C@H](Cc3nccnc3N(C)C)C2)n1. The van der Waals surface area contributed by atoms with Gasteiger partial charge in [0, 0.05) is 51.0 Å². The minimum atomic E-state index is 0.554. The zero-order valence-corrected chi connectivity index (χ0v) is 15.0. The summed E-state index contributed by atoms with van der Waals surface area (Å²) in [5.41, 5.74) is 3.14. The van der Waals surface area contributed by atoms with Gasteiger partial charge in [0.15, 0.2) is 0 Å². The standard InChI is InChI=1S/C18H26N6/c1-13-10-14(2)22-18(21-13)24-9-5-6-15(12-24)11-16-17(23(3)4)20-8-7-19-16/h7-8,10,15H,5-6,9,11-12H2,1-4H3/t15-/m1/s1. The average Bonchev–Trinajstić information content (AvgIpc) is 2.54. The van der Waals surface area contributed by atoms with Gasteiger partial charge in [0.25, 0.3) is 0 Å². The van der Waals surface area contributed by atoms with Crippen molar-refractivity contribution in [3.63, 3.8) is 0 Å². The van der Waals surface area contributed by atoms with Crippen LogP contribution in [0.1, 0.15) is 29.9 Å². The van der Waals surface area contributed by atoms with Crippen LogP contribution in [0.2, 0.25) is 0 Å². The van der Waals surface area contributed by atoms with E-state index in [1.807, 2.05) is 38.9 Å². The maximum Gasteiger partial charge on any atom is 0.225 e. The lowest BCUT2D eigenvalue weighted by atomic mass is 9.93. The molecule has 1 atom stereocenters. The van der Waals surface area contributed by atoms with E-state index in [-0.39, 0.29) is 0 Å². The molecule has 0 saturated carbocycles. The normalized spacial score (nSPS) is 17.8. The molecule has 3 rings (SSSR count). The Hall–Kier alpha value is -2.24. The molecule has 3 heterocycles. The molecule has 1 fully saturated rings. The van der Waals surface area contributed by atoms with E-state index in [4.69, 9.17) is 0 Å². The summed E-state index contributed by atoms with van der Waals surface area (Å²) in [5.74, 6) is 2.39. The monoisotopic (exact) mass is 326 g/mol. The summed E-state index contributed by atoms with van der Waals surface area (Å²) in [5, 5.41) is 0. The number of hydrogen-bond donors (Lipinski definition) is 0. The first-order valence-electron chi connectivity index (χ1n) is 8.57. The zero-order valence-electron chi connectivity index (χ0n) is 15.0. The van der Waals surface area contributed by atoms with Crippen LogP contribution in [-0.2, 0) is 6.42 Å². The molecule has 0 aliphatic carbocycles. The van der Waals surface area contributed by atoms with Crippen molar-refractivity contribution in [3.8, 4) is 0 Å². The van der Waals surface area contributed by atoms with Crippen LogP contribution >= 0.6 is 0 Å². The molecule has 2 aromatic heterocycles. The van der Waals surface area contributed by atoms with Gasteiger partial charge >= 0.3 is 0 Å². The van der Waals surface area contributed by atoms with Crippen LogP contribution in [0.4, 0.5) is 11.8 Å². The molecule has 6 nitrogen and oxygen atoms in total. The molecule has 0 radical (unpaired) electrons. The molecule has 2 aromatic rings. The Morgan fingerprint density at radius 1 is 1.12 bits per heavy atom. The smallest absolute Gasteiger partial charge is 0.225 e. The maximum absolute atomic E-state index is 4.62. The fourth-order valence-electron chi connectivity index (χ4n) is 3.41. The van der Waals surface area contributed by atoms with Gasteiger partial charge in [0.05, 0.1) is 5.69 Å². The minimum Gasteiger partial charge on any atom is -0.361 e. The zero-order chi connectivity index (χ0) is 17.1. The van der Waals surface area contributed by atoms with Gasteiger partial charge in [0.1, 0.15) is 5.82 Å². The Balaban J connectivity index is 1.74. The van der Waals surface area contributed by atoms with E-state index in [0.717, 1.165) is 48.4 Å². The average molecular weight is 326 g/mol. The van der Waals surface area contributed by atoms with Crippen LogP contribution in [-0.4, -0.2) is 47.1 Å². The van der Waals surface area contributed by atoms with E-state index in [1.165, 1.54) is 12.8 Å². The van der Waals surface area contributed by atoms with Crippen molar-refractivity contribution in [2.45, 2.75) is 33.1 Å². The van der Waals surface area contributed by atoms with Gasteiger partial charge in [-0.1, -0.05) is 0 Å².